The summed E-state index contributed by atoms with van der Waals surface area (Å²) in [5.74, 6) is -1.01. The van der Waals surface area contributed by atoms with Gasteiger partial charge in [0.05, 0.1) is 10.9 Å². The number of fused-ring (bicyclic) bond motifs is 1. The predicted octanol–water partition coefficient (Wildman–Crippen LogP) is 1.32. The Morgan fingerprint density at radius 3 is 2.70 bits per heavy atom. The fourth-order valence-corrected chi connectivity index (χ4v) is 2.99. The third-order valence-electron chi connectivity index (χ3n) is 4.53. The van der Waals surface area contributed by atoms with Crippen molar-refractivity contribution >= 4 is 22.8 Å². The van der Waals surface area contributed by atoms with Crippen LogP contribution >= 0.6 is 0 Å². The number of likely N-dealkylation sites (tertiary alicyclic amines) is 1. The third-order valence-corrected chi connectivity index (χ3v) is 4.53. The summed E-state index contributed by atoms with van der Waals surface area (Å²) in [6.07, 6.45) is 2.06. The van der Waals surface area contributed by atoms with Gasteiger partial charge in [-0.1, -0.05) is 12.1 Å². The maximum absolute atomic E-state index is 12.5. The number of hydrogen-bond donors (Lipinski definition) is 1. The Morgan fingerprint density at radius 2 is 2.00 bits per heavy atom. The molecule has 0 bridgehead atoms. The molecule has 2 aromatic rings. The van der Waals surface area contributed by atoms with E-state index in [0.717, 1.165) is 0 Å². The van der Waals surface area contributed by atoms with Crippen LogP contribution in [0, 0.1) is 5.41 Å². The van der Waals surface area contributed by atoms with Gasteiger partial charge in [0, 0.05) is 30.7 Å². The van der Waals surface area contributed by atoms with Crippen molar-refractivity contribution in [2.75, 3.05) is 13.1 Å². The van der Waals surface area contributed by atoms with E-state index >= 15 is 0 Å². The molecule has 0 saturated carbocycles. The standard InChI is InChI=1S/C17H18N2O4/c1-17(16(22)23)7-9-19(11-17)15(21)10-18-8-6-14(20)12-4-2-3-5-13(12)18/h2-6,8H,7,9-11H2,1H3,(H,22,23)/t17-/m1/s1. The molecular weight excluding hydrogens is 296 g/mol. The number of aliphatic carboxylic acids is 1. The molecule has 0 unspecified atom stereocenters. The largest absolute Gasteiger partial charge is 0.481 e. The zero-order valence-electron chi connectivity index (χ0n) is 12.9. The van der Waals surface area contributed by atoms with Crippen LogP contribution < -0.4 is 5.43 Å². The molecule has 1 aliphatic rings. The molecule has 1 N–H and O–H groups in total. The molecular formula is C17H18N2O4. The van der Waals surface area contributed by atoms with Gasteiger partial charge < -0.3 is 14.6 Å². The monoisotopic (exact) mass is 314 g/mol. The maximum Gasteiger partial charge on any atom is 0.311 e. The summed E-state index contributed by atoms with van der Waals surface area (Å²) in [7, 11) is 0. The van der Waals surface area contributed by atoms with Crippen LogP contribution in [0.25, 0.3) is 10.9 Å². The summed E-state index contributed by atoms with van der Waals surface area (Å²) in [4.78, 5) is 37.2. The first-order valence-corrected chi connectivity index (χ1v) is 7.50. The van der Waals surface area contributed by atoms with Crippen molar-refractivity contribution in [3.63, 3.8) is 0 Å². The molecule has 23 heavy (non-hydrogen) atoms. The first-order chi connectivity index (χ1) is 10.9. The van der Waals surface area contributed by atoms with Crippen LogP contribution in [0.3, 0.4) is 0 Å². The van der Waals surface area contributed by atoms with Gasteiger partial charge in [-0.15, -0.1) is 0 Å². The van der Waals surface area contributed by atoms with E-state index in [1.54, 1.807) is 40.8 Å². The summed E-state index contributed by atoms with van der Waals surface area (Å²) in [6.45, 7) is 2.42. The van der Waals surface area contributed by atoms with Crippen LogP contribution in [0.1, 0.15) is 13.3 Å². The smallest absolute Gasteiger partial charge is 0.311 e. The van der Waals surface area contributed by atoms with Crippen LogP contribution in [0.15, 0.2) is 41.3 Å². The lowest BCUT2D eigenvalue weighted by Gasteiger charge is -2.21. The third kappa shape index (κ3) is 2.72. The minimum Gasteiger partial charge on any atom is -0.481 e. The molecule has 6 heteroatoms. The number of carboxylic acid groups (broad SMARTS) is 1. The fraction of sp³-hybridized carbons (Fsp3) is 0.353. The summed E-state index contributed by atoms with van der Waals surface area (Å²) in [5, 5.41) is 9.82. The van der Waals surface area contributed by atoms with Crippen molar-refractivity contribution in [3.05, 3.63) is 46.8 Å². The van der Waals surface area contributed by atoms with Gasteiger partial charge in [0.15, 0.2) is 5.43 Å². The Labute approximate surface area is 132 Å². The molecule has 0 spiro atoms. The first-order valence-electron chi connectivity index (χ1n) is 7.50. The zero-order valence-corrected chi connectivity index (χ0v) is 12.9. The van der Waals surface area contributed by atoms with E-state index in [1.165, 1.54) is 6.07 Å². The second-order valence-electron chi connectivity index (χ2n) is 6.26. The van der Waals surface area contributed by atoms with Crippen LogP contribution in [0.4, 0.5) is 0 Å². The highest BCUT2D eigenvalue weighted by molar-refractivity contribution is 5.83. The first kappa shape index (κ1) is 15.3. The molecule has 0 aliphatic carbocycles. The number of amides is 1. The number of nitrogens with zero attached hydrogens (tertiary/aromatic N) is 2. The number of para-hydroxylation sites is 1. The topological polar surface area (TPSA) is 79.6 Å². The normalized spacial score (nSPS) is 20.8. The lowest BCUT2D eigenvalue weighted by Crippen LogP contribution is -2.36. The number of carbonyl (C=O) groups excluding carboxylic acids is 1. The molecule has 0 radical (unpaired) electrons. The van der Waals surface area contributed by atoms with Gasteiger partial charge in [-0.25, -0.2) is 0 Å². The molecule has 1 atom stereocenters. The Balaban J connectivity index is 1.84. The van der Waals surface area contributed by atoms with Crippen molar-refractivity contribution in [3.8, 4) is 0 Å². The Bertz CT molecular complexity index is 842. The van der Waals surface area contributed by atoms with Crippen molar-refractivity contribution < 1.29 is 14.7 Å². The predicted molar refractivity (Wildman–Crippen MR) is 85.1 cm³/mol. The molecule has 1 aromatic heterocycles. The minimum atomic E-state index is -0.874. The SMILES string of the molecule is C[C@@]1(C(=O)O)CCN(C(=O)Cn2ccc(=O)c3ccccc32)C1. The molecule has 3 rings (SSSR count). The van der Waals surface area contributed by atoms with Gasteiger partial charge in [0.25, 0.3) is 0 Å². The van der Waals surface area contributed by atoms with Crippen LogP contribution in [-0.2, 0) is 16.1 Å². The lowest BCUT2D eigenvalue weighted by atomic mass is 9.90. The maximum atomic E-state index is 12.5. The number of carbonyl (C=O) groups is 2. The molecule has 6 nitrogen and oxygen atoms in total. The summed E-state index contributed by atoms with van der Waals surface area (Å²) in [6, 6.07) is 8.58. The van der Waals surface area contributed by atoms with E-state index in [4.69, 9.17) is 0 Å². The zero-order chi connectivity index (χ0) is 16.6. The highest BCUT2D eigenvalue weighted by atomic mass is 16.4. The molecule has 1 aliphatic heterocycles. The molecule has 1 aromatic carbocycles. The van der Waals surface area contributed by atoms with Crippen molar-refractivity contribution in [1.82, 2.24) is 9.47 Å². The summed E-state index contributed by atoms with van der Waals surface area (Å²) < 4.78 is 1.73. The van der Waals surface area contributed by atoms with Gasteiger partial charge in [-0.2, -0.15) is 0 Å². The highest BCUT2D eigenvalue weighted by Gasteiger charge is 2.41. The van der Waals surface area contributed by atoms with Gasteiger partial charge in [-0.3, -0.25) is 14.4 Å². The number of pyridine rings is 1. The van der Waals surface area contributed by atoms with Crippen LogP contribution in [0.5, 0.6) is 0 Å². The van der Waals surface area contributed by atoms with Crippen molar-refractivity contribution in [2.45, 2.75) is 19.9 Å². The number of rotatable bonds is 3. The lowest BCUT2D eigenvalue weighted by molar-refractivity contribution is -0.147. The average Bonchev–Trinajstić information content (AvgIpc) is 2.94. The Morgan fingerprint density at radius 1 is 1.26 bits per heavy atom. The van der Waals surface area contributed by atoms with Crippen LogP contribution in [-0.4, -0.2) is 39.5 Å². The Hall–Kier alpha value is -2.63. The molecule has 1 saturated heterocycles. The van der Waals surface area contributed by atoms with Gasteiger partial charge in [0.1, 0.15) is 6.54 Å². The second-order valence-corrected chi connectivity index (χ2v) is 6.26. The molecule has 2 heterocycles. The molecule has 1 fully saturated rings. The van der Waals surface area contributed by atoms with E-state index in [0.29, 0.717) is 23.9 Å². The average molecular weight is 314 g/mol. The van der Waals surface area contributed by atoms with E-state index < -0.39 is 11.4 Å². The van der Waals surface area contributed by atoms with E-state index in [-0.39, 0.29) is 24.4 Å². The number of benzene rings is 1. The molecule has 1 amide bonds. The minimum absolute atomic E-state index is 0.0797. The van der Waals surface area contributed by atoms with Crippen LogP contribution in [0.2, 0.25) is 0 Å². The summed E-state index contributed by atoms with van der Waals surface area (Å²) >= 11 is 0. The number of carboxylic acids is 1. The summed E-state index contributed by atoms with van der Waals surface area (Å²) in [5.41, 5.74) is -0.251. The fourth-order valence-electron chi connectivity index (χ4n) is 2.99. The van der Waals surface area contributed by atoms with Gasteiger partial charge in [-0.05, 0) is 25.5 Å². The van der Waals surface area contributed by atoms with Gasteiger partial charge >= 0.3 is 5.97 Å². The number of hydrogen-bond acceptors (Lipinski definition) is 3. The van der Waals surface area contributed by atoms with E-state index in [2.05, 4.69) is 0 Å². The van der Waals surface area contributed by atoms with Crippen molar-refractivity contribution in [2.24, 2.45) is 5.41 Å². The quantitative estimate of drug-likeness (QED) is 0.927. The molecule has 120 valence electrons. The van der Waals surface area contributed by atoms with E-state index in [9.17, 15) is 19.5 Å². The van der Waals surface area contributed by atoms with E-state index in [1.807, 2.05) is 6.07 Å². The second kappa shape index (κ2) is 5.53. The van der Waals surface area contributed by atoms with Gasteiger partial charge in [0.2, 0.25) is 5.91 Å². The number of aromatic nitrogens is 1. The van der Waals surface area contributed by atoms with Crippen molar-refractivity contribution in [1.29, 1.82) is 0 Å². The highest BCUT2D eigenvalue weighted by Crippen LogP contribution is 2.30. The Kier molecular flexibility index (Phi) is 3.67.